The van der Waals surface area contributed by atoms with Gasteiger partial charge in [0, 0.05) is 27.5 Å². The molecular weight excluding hydrogens is 967 g/mol. The van der Waals surface area contributed by atoms with Gasteiger partial charge in [-0.05, 0) is 77.9 Å². The fraction of sp³-hybridized carbons (Fsp3) is 0. The standard InChI is InChI=1S/C70H49N5Si2/c71-50-51-45-46-67-64(47-51)62-41-19-21-43-65(62)75(67)66-44-22-20-42-63(66)70-73-68(52-25-23-39-60(48-52)76(54-27-7-1-8-28-54,55-29-9-2-10-30-55)56-31-11-3-12-32-56)72-69(74-70)53-26-24-40-61(49-53)77(57-33-13-4-14-34-57,58-35-15-5-16-36-58)59-37-17-6-18-38-59/h1-49H. The molecule has 77 heavy (non-hydrogen) atoms. The normalized spacial score (nSPS) is 11.6. The molecule has 13 aromatic rings. The van der Waals surface area contributed by atoms with E-state index in [0.29, 0.717) is 23.0 Å². The molecule has 0 spiro atoms. The summed E-state index contributed by atoms with van der Waals surface area (Å²) in [5.74, 6) is 1.69. The van der Waals surface area contributed by atoms with E-state index in [0.717, 1.165) is 44.2 Å². The van der Waals surface area contributed by atoms with Crippen molar-refractivity contribution < 1.29 is 0 Å². The summed E-state index contributed by atoms with van der Waals surface area (Å²) < 4.78 is 2.28. The van der Waals surface area contributed by atoms with Gasteiger partial charge in [-0.1, -0.05) is 261 Å². The Morgan fingerprint density at radius 3 is 1.10 bits per heavy atom. The third kappa shape index (κ3) is 8.12. The maximum atomic E-state index is 10.0. The molecule has 0 aliphatic rings. The first-order chi connectivity index (χ1) is 38.1. The van der Waals surface area contributed by atoms with Crippen LogP contribution in [-0.4, -0.2) is 35.7 Å². The van der Waals surface area contributed by atoms with Gasteiger partial charge in [-0.25, -0.2) is 15.0 Å². The Morgan fingerprint density at radius 1 is 0.299 bits per heavy atom. The zero-order chi connectivity index (χ0) is 51.6. The molecule has 0 radical (unpaired) electrons. The molecule has 0 bridgehead atoms. The van der Waals surface area contributed by atoms with E-state index in [-0.39, 0.29) is 0 Å². The molecule has 0 atom stereocenters. The maximum absolute atomic E-state index is 10.0. The minimum Gasteiger partial charge on any atom is -0.309 e. The van der Waals surface area contributed by atoms with E-state index in [9.17, 15) is 5.26 Å². The van der Waals surface area contributed by atoms with Crippen LogP contribution in [0.2, 0.25) is 0 Å². The molecule has 0 aliphatic heterocycles. The monoisotopic (exact) mass is 1020 g/mol. The van der Waals surface area contributed by atoms with Gasteiger partial charge >= 0.3 is 0 Å². The molecule has 7 heteroatoms. The van der Waals surface area contributed by atoms with Crippen LogP contribution in [0.5, 0.6) is 0 Å². The number of hydrogen-bond acceptors (Lipinski definition) is 4. The van der Waals surface area contributed by atoms with E-state index in [1.165, 1.54) is 41.5 Å². The highest BCUT2D eigenvalue weighted by Gasteiger charge is 2.43. The van der Waals surface area contributed by atoms with E-state index < -0.39 is 16.1 Å². The van der Waals surface area contributed by atoms with Crippen molar-refractivity contribution in [3.8, 4) is 45.9 Å². The molecule has 0 amide bonds. The van der Waals surface area contributed by atoms with Crippen LogP contribution in [0.3, 0.4) is 0 Å². The number of nitriles is 1. The molecule has 13 rings (SSSR count). The first kappa shape index (κ1) is 46.9. The van der Waals surface area contributed by atoms with Crippen LogP contribution in [0, 0.1) is 11.3 Å². The van der Waals surface area contributed by atoms with Gasteiger partial charge in [0.15, 0.2) is 33.6 Å². The number of nitrogens with zero attached hydrogens (tertiary/aromatic N) is 5. The molecule has 0 fully saturated rings. The molecule has 0 saturated carbocycles. The minimum atomic E-state index is -2.94. The van der Waals surface area contributed by atoms with E-state index in [1.807, 2.05) is 12.1 Å². The molecule has 11 aromatic carbocycles. The summed E-state index contributed by atoms with van der Waals surface area (Å²) in [5.41, 5.74) is 6.17. The van der Waals surface area contributed by atoms with E-state index in [2.05, 4.69) is 296 Å². The Balaban J connectivity index is 1.08. The molecular formula is C70H49N5Si2. The number of fused-ring (bicyclic) bond motifs is 3. The largest absolute Gasteiger partial charge is 0.309 e. The second-order valence-electron chi connectivity index (χ2n) is 19.4. The third-order valence-electron chi connectivity index (χ3n) is 15.2. The van der Waals surface area contributed by atoms with Gasteiger partial charge < -0.3 is 4.57 Å². The van der Waals surface area contributed by atoms with Gasteiger partial charge in [0.05, 0.1) is 28.4 Å². The number of benzene rings is 11. The van der Waals surface area contributed by atoms with Gasteiger partial charge in [0.25, 0.3) is 0 Å². The zero-order valence-corrected chi connectivity index (χ0v) is 44.0. The van der Waals surface area contributed by atoms with Crippen molar-refractivity contribution in [3.05, 3.63) is 303 Å². The van der Waals surface area contributed by atoms with E-state index in [1.54, 1.807) is 0 Å². The zero-order valence-electron chi connectivity index (χ0n) is 42.0. The molecule has 0 N–H and O–H groups in total. The van der Waals surface area contributed by atoms with Crippen molar-refractivity contribution in [3.63, 3.8) is 0 Å². The van der Waals surface area contributed by atoms with Gasteiger partial charge in [-0.15, -0.1) is 0 Å². The highest BCUT2D eigenvalue weighted by molar-refractivity contribution is 7.20. The minimum absolute atomic E-state index is 0.548. The highest BCUT2D eigenvalue weighted by atomic mass is 28.3. The van der Waals surface area contributed by atoms with Crippen molar-refractivity contribution in [2.45, 2.75) is 0 Å². The van der Waals surface area contributed by atoms with Crippen LogP contribution in [0.25, 0.3) is 61.7 Å². The van der Waals surface area contributed by atoms with Crippen molar-refractivity contribution in [1.82, 2.24) is 19.5 Å². The topological polar surface area (TPSA) is 67.4 Å². The Labute approximate surface area is 450 Å². The SMILES string of the molecule is N#Cc1ccc2c(c1)c1ccccc1n2-c1ccccc1-c1nc(-c2cccc([Si](c3ccccc3)(c3ccccc3)c3ccccc3)c2)nc(-c2cccc([Si](c3ccccc3)(c3ccccc3)c3ccccc3)c2)n1. The molecule has 2 aromatic heterocycles. The summed E-state index contributed by atoms with van der Waals surface area (Å²) >= 11 is 0. The molecule has 0 unspecified atom stereocenters. The second kappa shape index (κ2) is 20.1. The van der Waals surface area contributed by atoms with Gasteiger partial charge in [0.1, 0.15) is 0 Å². The van der Waals surface area contributed by atoms with Crippen LogP contribution < -0.4 is 41.5 Å². The first-order valence-electron chi connectivity index (χ1n) is 26.0. The van der Waals surface area contributed by atoms with Crippen LogP contribution in [0.15, 0.2) is 297 Å². The predicted molar refractivity (Wildman–Crippen MR) is 322 cm³/mol. The Bertz CT molecular complexity index is 3900. The van der Waals surface area contributed by atoms with Crippen molar-refractivity contribution in [1.29, 1.82) is 5.26 Å². The smallest absolute Gasteiger partial charge is 0.179 e. The van der Waals surface area contributed by atoms with Crippen molar-refractivity contribution in [2.75, 3.05) is 0 Å². The Morgan fingerprint density at radius 2 is 0.662 bits per heavy atom. The summed E-state index contributed by atoms with van der Waals surface area (Å²) in [5, 5.41) is 22.2. The number of hydrogen-bond donors (Lipinski definition) is 0. The second-order valence-corrected chi connectivity index (χ2v) is 27.0. The van der Waals surface area contributed by atoms with Gasteiger partial charge in [-0.2, -0.15) is 5.26 Å². The number of rotatable bonds is 12. The van der Waals surface area contributed by atoms with Crippen LogP contribution >= 0.6 is 0 Å². The predicted octanol–water partition coefficient (Wildman–Crippen LogP) is 10.6. The molecule has 0 aliphatic carbocycles. The van der Waals surface area contributed by atoms with Crippen LogP contribution in [-0.2, 0) is 0 Å². The molecule has 362 valence electrons. The molecule has 0 saturated heterocycles. The number of para-hydroxylation sites is 2. The van der Waals surface area contributed by atoms with Crippen molar-refractivity contribution in [2.24, 2.45) is 0 Å². The average molecular weight is 1020 g/mol. The summed E-state index contributed by atoms with van der Waals surface area (Å²) in [6.07, 6.45) is 0. The summed E-state index contributed by atoms with van der Waals surface area (Å²) in [6, 6.07) is 109. The maximum Gasteiger partial charge on any atom is 0.179 e. The molecule has 5 nitrogen and oxygen atoms in total. The fourth-order valence-corrected chi connectivity index (χ4v) is 21.4. The quantitative estimate of drug-likeness (QED) is 0.0903. The third-order valence-corrected chi connectivity index (χ3v) is 24.7. The summed E-state index contributed by atoms with van der Waals surface area (Å²) in [7, 11) is -5.88. The van der Waals surface area contributed by atoms with E-state index in [4.69, 9.17) is 15.0 Å². The van der Waals surface area contributed by atoms with Gasteiger partial charge in [0.2, 0.25) is 0 Å². The van der Waals surface area contributed by atoms with Crippen molar-refractivity contribution >= 4 is 79.4 Å². The summed E-state index contributed by atoms with van der Waals surface area (Å²) in [4.78, 5) is 16.7. The lowest BCUT2D eigenvalue weighted by molar-refractivity contribution is 1.06. The highest BCUT2D eigenvalue weighted by Crippen LogP contribution is 2.37. The Hall–Kier alpha value is -9.85. The molecule has 2 heterocycles. The number of aromatic nitrogens is 4. The summed E-state index contributed by atoms with van der Waals surface area (Å²) in [6.45, 7) is 0. The first-order valence-corrected chi connectivity index (χ1v) is 30.0. The lowest BCUT2D eigenvalue weighted by Gasteiger charge is -2.34. The average Bonchev–Trinajstić information content (AvgIpc) is 3.85. The lowest BCUT2D eigenvalue weighted by atomic mass is 10.1. The van der Waals surface area contributed by atoms with Crippen LogP contribution in [0.1, 0.15) is 5.56 Å². The van der Waals surface area contributed by atoms with Gasteiger partial charge in [-0.3, -0.25) is 0 Å². The lowest BCUT2D eigenvalue weighted by Crippen LogP contribution is -2.74. The van der Waals surface area contributed by atoms with Crippen LogP contribution in [0.4, 0.5) is 0 Å². The van der Waals surface area contributed by atoms with E-state index >= 15 is 0 Å². The fourth-order valence-electron chi connectivity index (χ4n) is 11.8. The Kier molecular flexibility index (Phi) is 12.3.